The van der Waals surface area contributed by atoms with Crippen molar-refractivity contribution in [2.75, 3.05) is 26.4 Å². The number of rotatable bonds is 3. The van der Waals surface area contributed by atoms with E-state index in [0.29, 0.717) is 11.8 Å². The lowest BCUT2D eigenvalue weighted by Crippen LogP contribution is -2.35. The van der Waals surface area contributed by atoms with Crippen LogP contribution in [0.25, 0.3) is 0 Å². The van der Waals surface area contributed by atoms with Crippen LogP contribution in [0.2, 0.25) is 0 Å². The number of fused-ring (bicyclic) bond motifs is 2. The second kappa shape index (κ2) is 8.03. The Balaban J connectivity index is 1.20. The molecule has 4 aliphatic carbocycles. The third-order valence-corrected chi connectivity index (χ3v) is 9.27. The third-order valence-electron chi connectivity index (χ3n) is 9.27. The van der Waals surface area contributed by atoms with Gasteiger partial charge in [0, 0.05) is 24.7 Å². The van der Waals surface area contributed by atoms with Crippen LogP contribution in [0.15, 0.2) is 24.3 Å². The molecule has 0 aromatic carbocycles. The quantitative estimate of drug-likeness (QED) is 0.592. The van der Waals surface area contributed by atoms with Crippen molar-refractivity contribution < 1.29 is 18.9 Å². The second-order valence-corrected chi connectivity index (χ2v) is 10.7. The van der Waals surface area contributed by atoms with E-state index in [0.717, 1.165) is 62.9 Å². The van der Waals surface area contributed by atoms with Crippen LogP contribution in [0.5, 0.6) is 0 Å². The van der Waals surface area contributed by atoms with Gasteiger partial charge in [-0.3, -0.25) is 0 Å². The van der Waals surface area contributed by atoms with E-state index in [1.807, 2.05) is 0 Å². The summed E-state index contributed by atoms with van der Waals surface area (Å²) in [6, 6.07) is 0. The Hall–Kier alpha value is -0.680. The minimum absolute atomic E-state index is 0.343. The van der Waals surface area contributed by atoms with Gasteiger partial charge in [0.25, 0.3) is 0 Å². The van der Waals surface area contributed by atoms with E-state index in [1.54, 1.807) is 0 Å². The van der Waals surface area contributed by atoms with E-state index in [9.17, 15) is 0 Å². The van der Waals surface area contributed by atoms with Crippen LogP contribution in [0.3, 0.4) is 0 Å². The van der Waals surface area contributed by atoms with Crippen LogP contribution in [-0.2, 0) is 18.9 Å². The van der Waals surface area contributed by atoms with Gasteiger partial charge < -0.3 is 18.9 Å². The predicted molar refractivity (Wildman–Crippen MR) is 115 cm³/mol. The average molecular weight is 415 g/mol. The Bertz CT molecular complexity index is 615. The molecule has 6 aliphatic rings. The molecule has 4 heteroatoms. The minimum atomic E-state index is -0.343. The highest BCUT2D eigenvalue weighted by Gasteiger charge is 2.57. The number of hydrogen-bond acceptors (Lipinski definition) is 4. The molecule has 166 valence electrons. The Morgan fingerprint density at radius 2 is 0.933 bits per heavy atom. The Morgan fingerprint density at radius 3 is 1.37 bits per heavy atom. The van der Waals surface area contributed by atoms with E-state index in [4.69, 9.17) is 18.9 Å². The molecule has 0 radical (unpaired) electrons. The zero-order valence-electron chi connectivity index (χ0n) is 18.3. The topological polar surface area (TPSA) is 36.9 Å². The smallest absolute Gasteiger partial charge is 0.175 e. The van der Waals surface area contributed by atoms with E-state index in [2.05, 4.69) is 24.3 Å². The zero-order chi connectivity index (χ0) is 20.0. The summed E-state index contributed by atoms with van der Waals surface area (Å²) in [5.74, 6) is 3.11. The molecule has 2 saturated heterocycles. The minimum Gasteiger partial charge on any atom is -0.347 e. The van der Waals surface area contributed by atoms with Gasteiger partial charge in [-0.2, -0.15) is 0 Å². The molecule has 0 aromatic rings. The van der Waals surface area contributed by atoms with Crippen molar-refractivity contribution in [3.8, 4) is 0 Å². The molecule has 6 fully saturated rings. The van der Waals surface area contributed by atoms with Crippen molar-refractivity contribution in [3.63, 3.8) is 0 Å². The van der Waals surface area contributed by atoms with Crippen molar-refractivity contribution in [3.05, 3.63) is 24.3 Å². The lowest BCUT2D eigenvalue weighted by Gasteiger charge is -2.31. The predicted octanol–water partition coefficient (Wildman–Crippen LogP) is 5.24. The first-order chi connectivity index (χ1) is 14.8. The van der Waals surface area contributed by atoms with Crippen molar-refractivity contribution in [2.45, 2.75) is 75.8 Å². The highest BCUT2D eigenvalue weighted by atomic mass is 16.7. The summed E-state index contributed by atoms with van der Waals surface area (Å²) >= 11 is 0. The maximum absolute atomic E-state index is 6.25. The van der Waals surface area contributed by atoms with Crippen molar-refractivity contribution in [1.82, 2.24) is 0 Å². The molecule has 6 atom stereocenters. The summed E-state index contributed by atoms with van der Waals surface area (Å²) in [5.41, 5.74) is 0. The summed E-state index contributed by atoms with van der Waals surface area (Å²) in [7, 11) is 0. The molecule has 2 aliphatic heterocycles. The molecule has 2 spiro atoms. The molecule has 0 N–H and O–H groups in total. The van der Waals surface area contributed by atoms with Crippen LogP contribution < -0.4 is 0 Å². The summed E-state index contributed by atoms with van der Waals surface area (Å²) < 4.78 is 25.0. The monoisotopic (exact) mass is 414 g/mol. The summed E-state index contributed by atoms with van der Waals surface area (Å²) in [4.78, 5) is 0. The van der Waals surface area contributed by atoms with Crippen LogP contribution in [0, 0.1) is 35.5 Å². The first kappa shape index (κ1) is 20.0. The van der Waals surface area contributed by atoms with Gasteiger partial charge in [0.05, 0.1) is 26.4 Å². The van der Waals surface area contributed by atoms with Gasteiger partial charge in [-0.1, -0.05) is 50.0 Å². The maximum atomic E-state index is 6.25. The van der Waals surface area contributed by atoms with E-state index < -0.39 is 0 Å². The van der Waals surface area contributed by atoms with E-state index >= 15 is 0 Å². The highest BCUT2D eigenvalue weighted by molar-refractivity contribution is 5.16. The normalized spacial score (nSPS) is 44.5. The molecular formula is C26H38O4. The number of ether oxygens (including phenoxy) is 4. The molecule has 2 heterocycles. The first-order valence-corrected chi connectivity index (χ1v) is 12.7. The standard InChI is InChI=1S/C26H38O4/c1-3-9-21-19(7-1)17-25(27-13-14-28-25)23(21)11-5-6-12-24-22-10-4-2-8-20(22)18-26(24)29-15-16-30-26/h5-6,11-12,19-24H,1-4,7-10,13-18H2/b11-5+,12-6+/t19-,20-,21+,22+,23-,24-/m1/s1. The van der Waals surface area contributed by atoms with Crippen molar-refractivity contribution in [2.24, 2.45) is 35.5 Å². The van der Waals surface area contributed by atoms with Gasteiger partial charge in [0.1, 0.15) is 0 Å². The molecule has 0 amide bonds. The van der Waals surface area contributed by atoms with Crippen molar-refractivity contribution in [1.29, 1.82) is 0 Å². The highest BCUT2D eigenvalue weighted by Crippen LogP contribution is 2.56. The Labute approximate surface area is 181 Å². The number of allylic oxidation sites excluding steroid dienone is 2. The van der Waals surface area contributed by atoms with Crippen LogP contribution in [0.1, 0.15) is 64.2 Å². The summed E-state index contributed by atoms with van der Waals surface area (Å²) in [5, 5.41) is 0. The second-order valence-electron chi connectivity index (χ2n) is 10.7. The Morgan fingerprint density at radius 1 is 0.533 bits per heavy atom. The number of hydrogen-bond donors (Lipinski definition) is 0. The molecule has 6 rings (SSSR count). The van der Waals surface area contributed by atoms with E-state index in [1.165, 1.54) is 51.4 Å². The fourth-order valence-electron chi connectivity index (χ4n) is 8.09. The lowest BCUT2D eigenvalue weighted by atomic mass is 9.77. The van der Waals surface area contributed by atoms with E-state index in [-0.39, 0.29) is 11.6 Å². The summed E-state index contributed by atoms with van der Waals surface area (Å²) in [6.45, 7) is 3.01. The molecule has 0 unspecified atom stereocenters. The first-order valence-electron chi connectivity index (χ1n) is 12.7. The molecule has 4 nitrogen and oxygen atoms in total. The van der Waals surface area contributed by atoms with Crippen LogP contribution in [-0.4, -0.2) is 38.0 Å². The van der Waals surface area contributed by atoms with Gasteiger partial charge in [0.2, 0.25) is 0 Å². The molecule has 30 heavy (non-hydrogen) atoms. The fraction of sp³-hybridized carbons (Fsp3) is 0.846. The maximum Gasteiger partial charge on any atom is 0.175 e. The molecular weight excluding hydrogens is 376 g/mol. The fourth-order valence-corrected chi connectivity index (χ4v) is 8.09. The van der Waals surface area contributed by atoms with Gasteiger partial charge in [-0.25, -0.2) is 0 Å². The molecule has 4 saturated carbocycles. The average Bonchev–Trinajstić information content (AvgIpc) is 3.54. The van der Waals surface area contributed by atoms with Crippen molar-refractivity contribution >= 4 is 0 Å². The van der Waals surface area contributed by atoms with Gasteiger partial charge in [0.15, 0.2) is 11.6 Å². The largest absolute Gasteiger partial charge is 0.347 e. The van der Waals surface area contributed by atoms with Gasteiger partial charge in [-0.15, -0.1) is 0 Å². The third kappa shape index (κ3) is 3.25. The zero-order valence-corrected chi connectivity index (χ0v) is 18.3. The molecule has 0 aromatic heterocycles. The SMILES string of the molecule is C(/C=C/[C@@H]1[C@H]2CCCC[C@@H]2CC12OCCO2)=C\[C@@H]1[C@H]2CCCC[C@@H]2CC12OCCO2. The van der Waals surface area contributed by atoms with Crippen LogP contribution >= 0.6 is 0 Å². The summed E-state index contributed by atoms with van der Waals surface area (Å²) in [6.07, 6.45) is 22.4. The van der Waals surface area contributed by atoms with Crippen LogP contribution in [0.4, 0.5) is 0 Å². The van der Waals surface area contributed by atoms with Gasteiger partial charge >= 0.3 is 0 Å². The van der Waals surface area contributed by atoms with Gasteiger partial charge in [-0.05, 0) is 49.4 Å². The Kier molecular flexibility index (Phi) is 5.34. The molecule has 0 bridgehead atoms. The lowest BCUT2D eigenvalue weighted by molar-refractivity contribution is -0.176.